The number of likely N-dealkylation sites (tertiary alicyclic amines) is 1. The van der Waals surface area contributed by atoms with E-state index in [1.54, 1.807) is 4.90 Å². The van der Waals surface area contributed by atoms with Crippen molar-refractivity contribution in [2.24, 2.45) is 0 Å². The second-order valence-electron chi connectivity index (χ2n) is 4.79. The van der Waals surface area contributed by atoms with Gasteiger partial charge in [0.25, 0.3) is 5.91 Å². The molecule has 1 aromatic heterocycles. The summed E-state index contributed by atoms with van der Waals surface area (Å²) in [6.45, 7) is 1.05. The molecule has 19 heavy (non-hydrogen) atoms. The number of aliphatic hydroxyl groups is 1. The van der Waals surface area contributed by atoms with Crippen LogP contribution in [0.15, 0.2) is 30.5 Å². The van der Waals surface area contributed by atoms with Crippen LogP contribution in [0, 0.1) is 0 Å². The van der Waals surface area contributed by atoms with Gasteiger partial charge in [-0.25, -0.2) is 4.98 Å². The summed E-state index contributed by atoms with van der Waals surface area (Å²) in [6, 6.07) is 7.46. The van der Waals surface area contributed by atoms with Gasteiger partial charge in [-0.1, -0.05) is 12.1 Å². The van der Waals surface area contributed by atoms with Crippen molar-refractivity contribution < 1.29 is 9.90 Å². The van der Waals surface area contributed by atoms with Gasteiger partial charge in [0.05, 0.1) is 23.3 Å². The second kappa shape index (κ2) is 4.93. The number of β-amino-alcohol motifs (C(OH)–C–C–N with tert-alkyl or cyclic N) is 1. The fraction of sp³-hybridized carbons (Fsp3) is 0.357. The van der Waals surface area contributed by atoms with E-state index in [1.165, 1.54) is 6.20 Å². The van der Waals surface area contributed by atoms with Crippen LogP contribution in [0.25, 0.3) is 11.0 Å². The molecule has 0 saturated carbocycles. The first-order chi connectivity index (χ1) is 9.24. The molecule has 1 aliphatic rings. The molecule has 1 fully saturated rings. The molecular formula is C14H15N3O2. The maximum atomic E-state index is 12.3. The lowest BCUT2D eigenvalue weighted by Crippen LogP contribution is -2.42. The van der Waals surface area contributed by atoms with Crippen molar-refractivity contribution in [2.45, 2.75) is 18.9 Å². The number of carbonyl (C=O) groups is 1. The van der Waals surface area contributed by atoms with Crippen molar-refractivity contribution >= 4 is 16.9 Å². The number of rotatable bonds is 1. The Hall–Kier alpha value is -2.01. The van der Waals surface area contributed by atoms with Crippen molar-refractivity contribution in [1.29, 1.82) is 0 Å². The molecule has 1 aromatic carbocycles. The van der Waals surface area contributed by atoms with Crippen LogP contribution in [-0.2, 0) is 0 Å². The quantitative estimate of drug-likeness (QED) is 0.834. The Kier molecular flexibility index (Phi) is 3.13. The molecule has 0 aliphatic carbocycles. The Morgan fingerprint density at radius 2 is 2.11 bits per heavy atom. The predicted molar refractivity (Wildman–Crippen MR) is 70.7 cm³/mol. The maximum Gasteiger partial charge on any atom is 0.274 e. The molecule has 1 atom stereocenters. The zero-order valence-electron chi connectivity index (χ0n) is 10.5. The molecule has 1 unspecified atom stereocenters. The summed E-state index contributed by atoms with van der Waals surface area (Å²) in [6.07, 6.45) is 2.67. The lowest BCUT2D eigenvalue weighted by molar-refractivity contribution is 0.0469. The Balaban J connectivity index is 1.88. The average Bonchev–Trinajstić information content (AvgIpc) is 2.46. The van der Waals surface area contributed by atoms with Crippen LogP contribution in [0.4, 0.5) is 0 Å². The van der Waals surface area contributed by atoms with E-state index in [0.717, 1.165) is 18.4 Å². The standard InChI is InChI=1S/C14H15N3O2/c18-10-4-3-7-17(9-10)14(19)13-8-15-11-5-1-2-6-12(11)16-13/h1-2,5-6,8,10,18H,3-4,7,9H2. The van der Waals surface area contributed by atoms with E-state index in [2.05, 4.69) is 9.97 Å². The van der Waals surface area contributed by atoms with E-state index >= 15 is 0 Å². The normalized spacial score (nSPS) is 19.6. The minimum Gasteiger partial charge on any atom is -0.391 e. The number of para-hydroxylation sites is 2. The van der Waals surface area contributed by atoms with Gasteiger partial charge in [-0.2, -0.15) is 0 Å². The fourth-order valence-corrected chi connectivity index (χ4v) is 2.36. The van der Waals surface area contributed by atoms with Gasteiger partial charge in [-0.3, -0.25) is 9.78 Å². The minimum absolute atomic E-state index is 0.156. The molecule has 2 aromatic rings. The summed E-state index contributed by atoms with van der Waals surface area (Å²) in [5.41, 5.74) is 1.83. The van der Waals surface area contributed by atoms with E-state index in [0.29, 0.717) is 24.3 Å². The topological polar surface area (TPSA) is 66.3 Å². The highest BCUT2D eigenvalue weighted by Gasteiger charge is 2.24. The van der Waals surface area contributed by atoms with Crippen LogP contribution in [0.5, 0.6) is 0 Å². The number of nitrogens with zero attached hydrogens (tertiary/aromatic N) is 3. The summed E-state index contributed by atoms with van der Waals surface area (Å²) >= 11 is 0. The third-order valence-electron chi connectivity index (χ3n) is 3.35. The van der Waals surface area contributed by atoms with Crippen LogP contribution in [0.1, 0.15) is 23.3 Å². The molecule has 2 heterocycles. The molecule has 3 rings (SSSR count). The number of piperidine rings is 1. The highest BCUT2D eigenvalue weighted by Crippen LogP contribution is 2.14. The largest absolute Gasteiger partial charge is 0.391 e. The van der Waals surface area contributed by atoms with E-state index in [-0.39, 0.29) is 5.91 Å². The summed E-state index contributed by atoms with van der Waals surface area (Å²) in [5.74, 6) is -0.156. The number of benzene rings is 1. The first-order valence-electron chi connectivity index (χ1n) is 6.43. The predicted octanol–water partition coefficient (Wildman–Crippen LogP) is 1.23. The molecule has 98 valence electrons. The number of amides is 1. The van der Waals surface area contributed by atoms with Crippen LogP contribution < -0.4 is 0 Å². The first-order valence-corrected chi connectivity index (χ1v) is 6.43. The summed E-state index contributed by atoms with van der Waals surface area (Å²) < 4.78 is 0. The minimum atomic E-state index is -0.425. The smallest absolute Gasteiger partial charge is 0.274 e. The van der Waals surface area contributed by atoms with E-state index in [4.69, 9.17) is 0 Å². The Bertz CT molecular complexity index is 614. The molecule has 5 nitrogen and oxygen atoms in total. The lowest BCUT2D eigenvalue weighted by Gasteiger charge is -2.29. The zero-order chi connectivity index (χ0) is 13.2. The Labute approximate surface area is 110 Å². The summed E-state index contributed by atoms with van der Waals surface area (Å²) in [4.78, 5) is 22.5. The third kappa shape index (κ3) is 2.42. The van der Waals surface area contributed by atoms with Crippen LogP contribution >= 0.6 is 0 Å². The van der Waals surface area contributed by atoms with Crippen molar-refractivity contribution in [3.8, 4) is 0 Å². The number of hydrogen-bond acceptors (Lipinski definition) is 4. The zero-order valence-corrected chi connectivity index (χ0v) is 10.5. The van der Waals surface area contributed by atoms with E-state index < -0.39 is 6.10 Å². The number of aliphatic hydroxyl groups excluding tert-OH is 1. The van der Waals surface area contributed by atoms with Gasteiger partial charge in [0.15, 0.2) is 0 Å². The molecule has 1 aliphatic heterocycles. The molecule has 0 bridgehead atoms. The summed E-state index contributed by atoms with van der Waals surface area (Å²) in [7, 11) is 0. The van der Waals surface area contributed by atoms with Gasteiger partial charge >= 0.3 is 0 Å². The van der Waals surface area contributed by atoms with Gasteiger partial charge in [-0.05, 0) is 25.0 Å². The van der Waals surface area contributed by atoms with E-state index in [1.807, 2.05) is 24.3 Å². The monoisotopic (exact) mass is 257 g/mol. The highest BCUT2D eigenvalue weighted by atomic mass is 16.3. The molecule has 0 radical (unpaired) electrons. The molecule has 5 heteroatoms. The van der Waals surface area contributed by atoms with Crippen molar-refractivity contribution in [2.75, 3.05) is 13.1 Å². The van der Waals surface area contributed by atoms with Crippen LogP contribution in [-0.4, -0.2) is 45.1 Å². The van der Waals surface area contributed by atoms with E-state index in [9.17, 15) is 9.90 Å². The van der Waals surface area contributed by atoms with Gasteiger partial charge in [0.1, 0.15) is 5.69 Å². The number of hydrogen-bond donors (Lipinski definition) is 1. The SMILES string of the molecule is O=C(c1cnc2ccccc2n1)N1CCCC(O)C1. The van der Waals surface area contributed by atoms with Gasteiger partial charge < -0.3 is 10.0 Å². The third-order valence-corrected chi connectivity index (χ3v) is 3.35. The Morgan fingerprint density at radius 1 is 1.32 bits per heavy atom. The van der Waals surface area contributed by atoms with Crippen molar-refractivity contribution in [3.63, 3.8) is 0 Å². The molecular weight excluding hydrogens is 242 g/mol. The van der Waals surface area contributed by atoms with Crippen LogP contribution in [0.2, 0.25) is 0 Å². The Morgan fingerprint density at radius 3 is 2.89 bits per heavy atom. The number of carbonyl (C=O) groups excluding carboxylic acids is 1. The van der Waals surface area contributed by atoms with Gasteiger partial charge in [0.2, 0.25) is 0 Å². The van der Waals surface area contributed by atoms with Crippen LogP contribution in [0.3, 0.4) is 0 Å². The average molecular weight is 257 g/mol. The fourth-order valence-electron chi connectivity index (χ4n) is 2.36. The van der Waals surface area contributed by atoms with Crippen molar-refractivity contribution in [1.82, 2.24) is 14.9 Å². The first kappa shape index (κ1) is 12.0. The summed E-state index contributed by atoms with van der Waals surface area (Å²) in [5, 5.41) is 9.62. The number of aromatic nitrogens is 2. The molecule has 1 amide bonds. The second-order valence-corrected chi connectivity index (χ2v) is 4.79. The van der Waals surface area contributed by atoms with Gasteiger partial charge in [-0.15, -0.1) is 0 Å². The number of fused-ring (bicyclic) bond motifs is 1. The maximum absolute atomic E-state index is 12.3. The molecule has 1 saturated heterocycles. The molecule has 0 spiro atoms. The lowest BCUT2D eigenvalue weighted by atomic mass is 10.1. The van der Waals surface area contributed by atoms with Crippen molar-refractivity contribution in [3.05, 3.63) is 36.2 Å². The van der Waals surface area contributed by atoms with Gasteiger partial charge in [0, 0.05) is 13.1 Å². The highest BCUT2D eigenvalue weighted by molar-refractivity contribution is 5.93. The molecule has 1 N–H and O–H groups in total.